The molecular formula is C16H19BrF2N2. The van der Waals surface area contributed by atoms with Crippen LogP contribution in [0.15, 0.2) is 35.1 Å². The Labute approximate surface area is 132 Å². The number of rotatable bonds is 6. The number of nitrogens with zero attached hydrogens (tertiary/aromatic N) is 1. The van der Waals surface area contributed by atoms with E-state index >= 15 is 0 Å². The van der Waals surface area contributed by atoms with Crippen LogP contribution in [0, 0.1) is 11.6 Å². The average Bonchev–Trinajstić information content (AvgIpc) is 2.94. The van der Waals surface area contributed by atoms with E-state index in [0.717, 1.165) is 18.5 Å². The van der Waals surface area contributed by atoms with Crippen LogP contribution in [0.4, 0.5) is 8.78 Å². The van der Waals surface area contributed by atoms with Crippen molar-refractivity contribution in [2.75, 3.05) is 6.54 Å². The minimum absolute atomic E-state index is 0.0701. The molecule has 1 heterocycles. The molecule has 5 heteroatoms. The lowest BCUT2D eigenvalue weighted by Crippen LogP contribution is -2.18. The smallest absolute Gasteiger partial charge is 0.145 e. The SMILES string of the molecule is CCCNC(C)c1ccn(Cc2c(F)ccc(Br)c2F)c1. The molecule has 1 aromatic heterocycles. The van der Waals surface area contributed by atoms with Crippen LogP contribution < -0.4 is 5.32 Å². The lowest BCUT2D eigenvalue weighted by molar-refractivity contribution is 0.539. The van der Waals surface area contributed by atoms with Crippen LogP contribution in [0.3, 0.4) is 0 Å². The number of hydrogen-bond acceptors (Lipinski definition) is 1. The Bertz CT molecular complexity index is 610. The highest BCUT2D eigenvalue weighted by molar-refractivity contribution is 9.10. The molecular weight excluding hydrogens is 338 g/mol. The first-order valence-corrected chi connectivity index (χ1v) is 7.83. The van der Waals surface area contributed by atoms with Crippen molar-refractivity contribution in [3.05, 3.63) is 57.8 Å². The molecule has 0 bridgehead atoms. The van der Waals surface area contributed by atoms with Crippen LogP contribution in [-0.4, -0.2) is 11.1 Å². The molecule has 0 spiro atoms. The highest BCUT2D eigenvalue weighted by atomic mass is 79.9. The molecule has 2 nitrogen and oxygen atoms in total. The fourth-order valence-electron chi connectivity index (χ4n) is 2.19. The van der Waals surface area contributed by atoms with Gasteiger partial charge in [0.05, 0.1) is 11.0 Å². The van der Waals surface area contributed by atoms with Gasteiger partial charge in [-0.2, -0.15) is 0 Å². The normalized spacial score (nSPS) is 12.6. The fourth-order valence-corrected chi connectivity index (χ4v) is 2.56. The molecule has 0 aliphatic carbocycles. The van der Waals surface area contributed by atoms with Crippen molar-refractivity contribution in [2.45, 2.75) is 32.9 Å². The highest BCUT2D eigenvalue weighted by Gasteiger charge is 2.13. The summed E-state index contributed by atoms with van der Waals surface area (Å²) in [5.74, 6) is -1.06. The molecule has 1 atom stereocenters. The van der Waals surface area contributed by atoms with Crippen molar-refractivity contribution < 1.29 is 8.78 Å². The monoisotopic (exact) mass is 356 g/mol. The molecule has 0 fully saturated rings. The van der Waals surface area contributed by atoms with Crippen LogP contribution in [0.25, 0.3) is 0 Å². The first-order valence-electron chi connectivity index (χ1n) is 7.04. The van der Waals surface area contributed by atoms with Crippen LogP contribution >= 0.6 is 15.9 Å². The number of hydrogen-bond donors (Lipinski definition) is 1. The Morgan fingerprint density at radius 1 is 1.29 bits per heavy atom. The van der Waals surface area contributed by atoms with E-state index in [4.69, 9.17) is 0 Å². The van der Waals surface area contributed by atoms with Crippen LogP contribution in [0.5, 0.6) is 0 Å². The van der Waals surface area contributed by atoms with Crippen molar-refractivity contribution in [1.82, 2.24) is 9.88 Å². The molecule has 0 amide bonds. The van der Waals surface area contributed by atoms with E-state index in [9.17, 15) is 8.78 Å². The van der Waals surface area contributed by atoms with Crippen molar-refractivity contribution >= 4 is 15.9 Å². The second-order valence-electron chi connectivity index (χ2n) is 5.11. The molecule has 114 valence electrons. The summed E-state index contributed by atoms with van der Waals surface area (Å²) in [7, 11) is 0. The summed E-state index contributed by atoms with van der Waals surface area (Å²) in [6, 6.07) is 4.86. The lowest BCUT2D eigenvalue weighted by atomic mass is 10.2. The second-order valence-corrected chi connectivity index (χ2v) is 5.97. The maximum Gasteiger partial charge on any atom is 0.145 e. The van der Waals surface area contributed by atoms with E-state index in [2.05, 4.69) is 35.1 Å². The number of benzene rings is 1. The molecule has 1 aromatic carbocycles. The van der Waals surface area contributed by atoms with Crippen LogP contribution in [0.2, 0.25) is 0 Å². The van der Waals surface area contributed by atoms with E-state index in [1.54, 1.807) is 4.57 Å². The van der Waals surface area contributed by atoms with E-state index in [0.29, 0.717) is 0 Å². The first-order chi connectivity index (χ1) is 10.0. The minimum atomic E-state index is -0.539. The first kappa shape index (κ1) is 16.2. The zero-order valence-electron chi connectivity index (χ0n) is 12.2. The molecule has 0 radical (unpaired) electrons. The van der Waals surface area contributed by atoms with Crippen molar-refractivity contribution in [2.24, 2.45) is 0 Å². The molecule has 21 heavy (non-hydrogen) atoms. The standard InChI is InChI=1S/C16H19BrF2N2/c1-3-7-20-11(2)12-6-8-21(9-12)10-13-15(18)5-4-14(17)16(13)19/h4-6,8-9,11,20H,3,7,10H2,1-2H3. The van der Waals surface area contributed by atoms with Gasteiger partial charge in [-0.1, -0.05) is 6.92 Å². The molecule has 1 N–H and O–H groups in total. The molecule has 2 aromatic rings. The van der Waals surface area contributed by atoms with Gasteiger partial charge in [-0.05, 0) is 59.6 Å². The van der Waals surface area contributed by atoms with E-state index in [-0.39, 0.29) is 22.6 Å². The predicted molar refractivity (Wildman–Crippen MR) is 84.3 cm³/mol. The molecule has 0 saturated carbocycles. The van der Waals surface area contributed by atoms with Gasteiger partial charge in [-0.15, -0.1) is 0 Å². The highest BCUT2D eigenvalue weighted by Crippen LogP contribution is 2.23. The average molecular weight is 357 g/mol. The van der Waals surface area contributed by atoms with E-state index in [1.807, 2.05) is 18.5 Å². The molecule has 0 aliphatic heterocycles. The van der Waals surface area contributed by atoms with Crippen LogP contribution in [0.1, 0.15) is 37.4 Å². The topological polar surface area (TPSA) is 17.0 Å². The van der Waals surface area contributed by atoms with Gasteiger partial charge in [0.15, 0.2) is 0 Å². The van der Waals surface area contributed by atoms with E-state index in [1.165, 1.54) is 12.1 Å². The van der Waals surface area contributed by atoms with Gasteiger partial charge in [0.2, 0.25) is 0 Å². The van der Waals surface area contributed by atoms with Gasteiger partial charge in [-0.3, -0.25) is 0 Å². The number of aromatic nitrogens is 1. The predicted octanol–water partition coefficient (Wildman–Crippen LogP) is 4.64. The Hall–Kier alpha value is -1.20. The molecule has 0 aliphatic rings. The maximum absolute atomic E-state index is 14.0. The molecule has 0 saturated heterocycles. The quantitative estimate of drug-likeness (QED) is 0.746. The number of halogens is 3. The minimum Gasteiger partial charge on any atom is -0.349 e. The second kappa shape index (κ2) is 7.18. The Balaban J connectivity index is 2.15. The maximum atomic E-state index is 14.0. The third-order valence-electron chi connectivity index (χ3n) is 3.45. The number of nitrogens with one attached hydrogen (secondary N) is 1. The third kappa shape index (κ3) is 3.92. The summed E-state index contributed by atoms with van der Waals surface area (Å²) in [5.41, 5.74) is 1.18. The van der Waals surface area contributed by atoms with Gasteiger partial charge in [0.1, 0.15) is 11.6 Å². The van der Waals surface area contributed by atoms with Gasteiger partial charge in [0.25, 0.3) is 0 Å². The molecule has 2 rings (SSSR count). The fraction of sp³-hybridized carbons (Fsp3) is 0.375. The summed E-state index contributed by atoms with van der Waals surface area (Å²) in [5, 5.41) is 3.39. The zero-order chi connectivity index (χ0) is 15.4. The third-order valence-corrected chi connectivity index (χ3v) is 4.07. The van der Waals surface area contributed by atoms with Gasteiger partial charge in [-0.25, -0.2) is 8.78 Å². The van der Waals surface area contributed by atoms with Gasteiger partial charge >= 0.3 is 0 Å². The largest absolute Gasteiger partial charge is 0.349 e. The lowest BCUT2D eigenvalue weighted by Gasteiger charge is -2.11. The Kier molecular flexibility index (Phi) is 5.53. The Morgan fingerprint density at radius 2 is 2.05 bits per heavy atom. The zero-order valence-corrected chi connectivity index (χ0v) is 13.8. The van der Waals surface area contributed by atoms with Gasteiger partial charge < -0.3 is 9.88 Å². The summed E-state index contributed by atoms with van der Waals surface area (Å²) in [4.78, 5) is 0. The summed E-state index contributed by atoms with van der Waals surface area (Å²) in [6.45, 7) is 5.32. The van der Waals surface area contributed by atoms with Crippen LogP contribution in [-0.2, 0) is 6.54 Å². The molecule has 1 unspecified atom stereocenters. The van der Waals surface area contributed by atoms with E-state index < -0.39 is 11.6 Å². The van der Waals surface area contributed by atoms with Crippen molar-refractivity contribution in [3.63, 3.8) is 0 Å². The van der Waals surface area contributed by atoms with Crippen molar-refractivity contribution in [3.8, 4) is 0 Å². The summed E-state index contributed by atoms with van der Waals surface area (Å²) in [6.07, 6.45) is 4.84. The summed E-state index contributed by atoms with van der Waals surface area (Å²) >= 11 is 3.09. The van der Waals surface area contributed by atoms with Gasteiger partial charge in [0, 0.05) is 24.0 Å². The Morgan fingerprint density at radius 3 is 2.76 bits per heavy atom. The van der Waals surface area contributed by atoms with Crippen molar-refractivity contribution in [1.29, 1.82) is 0 Å². The summed E-state index contributed by atoms with van der Waals surface area (Å²) < 4.78 is 29.8.